The molecule has 0 aromatic carbocycles. The van der Waals surface area contributed by atoms with E-state index in [0.717, 1.165) is 5.69 Å². The maximum absolute atomic E-state index is 13.9. The average molecular weight is 211 g/mol. The number of alkyl halides is 1. The van der Waals surface area contributed by atoms with Crippen LogP contribution in [0.15, 0.2) is 12.3 Å². The van der Waals surface area contributed by atoms with Crippen LogP contribution in [-0.2, 0) is 6.42 Å². The second-order valence-corrected chi connectivity index (χ2v) is 4.88. The van der Waals surface area contributed by atoms with Gasteiger partial charge in [0.15, 0.2) is 0 Å². The van der Waals surface area contributed by atoms with E-state index in [-0.39, 0.29) is 6.04 Å². The number of nitrogens with zero attached hydrogens (tertiary/aromatic N) is 2. The van der Waals surface area contributed by atoms with Gasteiger partial charge in [0, 0.05) is 24.7 Å². The van der Waals surface area contributed by atoms with E-state index in [1.165, 1.54) is 0 Å². The van der Waals surface area contributed by atoms with E-state index < -0.39 is 5.67 Å². The first-order valence-corrected chi connectivity index (χ1v) is 5.47. The van der Waals surface area contributed by atoms with Crippen molar-refractivity contribution >= 4 is 0 Å². The molecule has 2 rings (SSSR count). The van der Waals surface area contributed by atoms with Gasteiger partial charge in [0.1, 0.15) is 5.67 Å². The number of hydrogen-bond donors (Lipinski definition) is 1. The first-order valence-electron chi connectivity index (χ1n) is 5.47. The Balaban J connectivity index is 1.99. The van der Waals surface area contributed by atoms with Gasteiger partial charge in [0.05, 0.1) is 5.69 Å². The third kappa shape index (κ3) is 2.20. The van der Waals surface area contributed by atoms with E-state index in [4.69, 9.17) is 5.73 Å². The lowest BCUT2D eigenvalue weighted by Crippen LogP contribution is -2.49. The molecule has 1 aliphatic rings. The molecule has 1 aromatic heterocycles. The van der Waals surface area contributed by atoms with Gasteiger partial charge in [-0.3, -0.25) is 4.68 Å². The maximum atomic E-state index is 13.9. The van der Waals surface area contributed by atoms with Crippen LogP contribution in [0.5, 0.6) is 0 Å². The molecule has 0 amide bonds. The van der Waals surface area contributed by atoms with E-state index in [1.807, 2.05) is 16.9 Å². The van der Waals surface area contributed by atoms with Crippen molar-refractivity contribution in [1.82, 2.24) is 9.78 Å². The first-order chi connectivity index (χ1) is 6.98. The lowest BCUT2D eigenvalue weighted by atomic mass is 9.75. The topological polar surface area (TPSA) is 43.8 Å². The maximum Gasteiger partial charge on any atom is 0.119 e. The molecule has 1 heterocycles. The minimum absolute atomic E-state index is 0.0437. The molecule has 4 heteroatoms. The molecule has 0 bridgehead atoms. The molecule has 0 saturated heterocycles. The predicted octanol–water partition coefficient (Wildman–Crippen LogP) is 1.84. The van der Waals surface area contributed by atoms with Gasteiger partial charge in [0.25, 0.3) is 0 Å². The molecule has 1 saturated carbocycles. The fraction of sp³-hybridized carbons (Fsp3) is 0.727. The van der Waals surface area contributed by atoms with Crippen molar-refractivity contribution in [2.45, 2.75) is 50.9 Å². The molecule has 0 unspecified atom stereocenters. The fourth-order valence-corrected chi connectivity index (χ4v) is 2.11. The van der Waals surface area contributed by atoms with Crippen molar-refractivity contribution < 1.29 is 4.39 Å². The molecule has 1 aromatic rings. The zero-order valence-electron chi connectivity index (χ0n) is 9.28. The van der Waals surface area contributed by atoms with E-state index in [9.17, 15) is 4.39 Å². The van der Waals surface area contributed by atoms with Crippen LogP contribution in [0, 0.1) is 0 Å². The van der Waals surface area contributed by atoms with Crippen LogP contribution in [0.25, 0.3) is 0 Å². The Kier molecular flexibility index (Phi) is 2.54. The highest BCUT2D eigenvalue weighted by atomic mass is 19.1. The second-order valence-electron chi connectivity index (χ2n) is 4.88. The third-order valence-electron chi connectivity index (χ3n) is 2.95. The van der Waals surface area contributed by atoms with Gasteiger partial charge in [0.2, 0.25) is 0 Å². The van der Waals surface area contributed by atoms with Crippen LogP contribution in [0.2, 0.25) is 0 Å². The van der Waals surface area contributed by atoms with E-state index in [2.05, 4.69) is 18.9 Å². The Morgan fingerprint density at radius 3 is 2.80 bits per heavy atom. The van der Waals surface area contributed by atoms with Gasteiger partial charge in [-0.1, -0.05) is 0 Å². The molecule has 1 aliphatic carbocycles. The summed E-state index contributed by atoms with van der Waals surface area (Å²) in [6.45, 7) is 4.11. The molecule has 0 aliphatic heterocycles. The van der Waals surface area contributed by atoms with Gasteiger partial charge in [-0.05, 0) is 32.8 Å². The quantitative estimate of drug-likeness (QED) is 0.829. The molecule has 0 atom stereocenters. The van der Waals surface area contributed by atoms with Gasteiger partial charge in [-0.25, -0.2) is 4.39 Å². The Morgan fingerprint density at radius 1 is 1.67 bits per heavy atom. The standard InChI is InChI=1S/C11H18FN3/c1-8(2)15-4-3-10(14-15)7-11(12)5-9(13)6-11/h3-4,8-9H,5-7,13H2,1-2H3. The third-order valence-corrected chi connectivity index (χ3v) is 2.95. The molecular weight excluding hydrogens is 193 g/mol. The van der Waals surface area contributed by atoms with Gasteiger partial charge < -0.3 is 5.73 Å². The van der Waals surface area contributed by atoms with Crippen LogP contribution in [0.4, 0.5) is 4.39 Å². The van der Waals surface area contributed by atoms with Crippen LogP contribution < -0.4 is 5.73 Å². The van der Waals surface area contributed by atoms with Crippen LogP contribution in [-0.4, -0.2) is 21.5 Å². The van der Waals surface area contributed by atoms with Crippen LogP contribution in [0.1, 0.15) is 38.4 Å². The van der Waals surface area contributed by atoms with Crippen molar-refractivity contribution in [2.75, 3.05) is 0 Å². The zero-order valence-corrected chi connectivity index (χ0v) is 9.28. The number of rotatable bonds is 3. The van der Waals surface area contributed by atoms with Crippen LogP contribution >= 0.6 is 0 Å². The zero-order chi connectivity index (χ0) is 11.1. The van der Waals surface area contributed by atoms with Gasteiger partial charge in [-0.15, -0.1) is 0 Å². The summed E-state index contributed by atoms with van der Waals surface area (Å²) < 4.78 is 15.8. The van der Waals surface area contributed by atoms with Crippen molar-refractivity contribution in [2.24, 2.45) is 5.73 Å². The highest BCUT2D eigenvalue weighted by Gasteiger charge is 2.43. The van der Waals surface area contributed by atoms with Gasteiger partial charge >= 0.3 is 0 Å². The molecule has 3 nitrogen and oxygen atoms in total. The molecular formula is C11H18FN3. The average Bonchev–Trinajstić information content (AvgIpc) is 2.49. The summed E-state index contributed by atoms with van der Waals surface area (Å²) in [5.74, 6) is 0. The second kappa shape index (κ2) is 3.59. The molecule has 0 radical (unpaired) electrons. The Morgan fingerprint density at radius 2 is 2.33 bits per heavy atom. The number of aromatic nitrogens is 2. The fourth-order valence-electron chi connectivity index (χ4n) is 2.11. The molecule has 84 valence electrons. The Hall–Kier alpha value is -0.900. The largest absolute Gasteiger partial charge is 0.327 e. The summed E-state index contributed by atoms with van der Waals surface area (Å²) in [4.78, 5) is 0. The van der Waals surface area contributed by atoms with Crippen molar-refractivity contribution in [3.8, 4) is 0 Å². The van der Waals surface area contributed by atoms with Crippen molar-refractivity contribution in [3.05, 3.63) is 18.0 Å². The highest BCUT2D eigenvalue weighted by Crippen LogP contribution is 2.37. The Labute approximate surface area is 89.5 Å². The first kappa shape index (κ1) is 10.6. The highest BCUT2D eigenvalue weighted by molar-refractivity contribution is 5.09. The number of nitrogens with two attached hydrogens (primary N) is 1. The molecule has 15 heavy (non-hydrogen) atoms. The minimum Gasteiger partial charge on any atom is -0.327 e. The normalized spacial score (nSPS) is 30.6. The SMILES string of the molecule is CC(C)n1ccc(CC2(F)CC(N)C2)n1. The number of halogens is 1. The summed E-state index contributed by atoms with van der Waals surface area (Å²) in [6.07, 6.45) is 3.26. The Bertz CT molecular complexity index is 339. The molecule has 2 N–H and O–H groups in total. The summed E-state index contributed by atoms with van der Waals surface area (Å²) in [5, 5.41) is 4.34. The number of hydrogen-bond acceptors (Lipinski definition) is 2. The molecule has 0 spiro atoms. The van der Waals surface area contributed by atoms with E-state index in [0.29, 0.717) is 25.3 Å². The predicted molar refractivity (Wildman–Crippen MR) is 57.4 cm³/mol. The van der Waals surface area contributed by atoms with Crippen LogP contribution in [0.3, 0.4) is 0 Å². The van der Waals surface area contributed by atoms with E-state index >= 15 is 0 Å². The summed E-state index contributed by atoms with van der Waals surface area (Å²) >= 11 is 0. The lowest BCUT2D eigenvalue weighted by Gasteiger charge is -2.38. The molecule has 1 fully saturated rings. The van der Waals surface area contributed by atoms with Crippen molar-refractivity contribution in [3.63, 3.8) is 0 Å². The van der Waals surface area contributed by atoms with E-state index in [1.54, 1.807) is 0 Å². The summed E-state index contributed by atoms with van der Waals surface area (Å²) in [7, 11) is 0. The monoisotopic (exact) mass is 211 g/mol. The minimum atomic E-state index is -1.10. The van der Waals surface area contributed by atoms with Crippen molar-refractivity contribution in [1.29, 1.82) is 0 Å². The summed E-state index contributed by atoms with van der Waals surface area (Å²) in [5.41, 5.74) is 5.33. The lowest BCUT2D eigenvalue weighted by molar-refractivity contribution is 0.0433. The van der Waals surface area contributed by atoms with Gasteiger partial charge in [-0.2, -0.15) is 5.10 Å². The smallest absolute Gasteiger partial charge is 0.119 e. The summed E-state index contributed by atoms with van der Waals surface area (Å²) in [6, 6.07) is 2.27.